The van der Waals surface area contributed by atoms with Gasteiger partial charge in [0.2, 0.25) is 0 Å². The van der Waals surface area contributed by atoms with Gasteiger partial charge in [-0.05, 0) is 26.8 Å². The van der Waals surface area contributed by atoms with E-state index in [1.165, 1.54) is 0 Å². The Morgan fingerprint density at radius 2 is 2.00 bits per heavy atom. The highest BCUT2D eigenvalue weighted by Gasteiger charge is 2.10. The minimum atomic E-state index is 0.499. The topological polar surface area (TPSA) is 12.5 Å². The van der Waals surface area contributed by atoms with Crippen LogP contribution in [0.4, 0.5) is 0 Å². The Labute approximate surface area is 88.2 Å². The summed E-state index contributed by atoms with van der Waals surface area (Å²) in [5, 5.41) is 0. The number of hydrogen-bond acceptors (Lipinski definition) is 2. The third kappa shape index (κ3) is 3.86. The van der Waals surface area contributed by atoms with Gasteiger partial charge >= 0.3 is 0 Å². The average molecular weight is 197 g/mol. The van der Waals surface area contributed by atoms with Crippen molar-refractivity contribution >= 4 is 0 Å². The molecule has 14 heavy (non-hydrogen) atoms. The molecule has 1 aliphatic heterocycles. The van der Waals surface area contributed by atoms with Gasteiger partial charge in [-0.3, -0.25) is 0 Å². The lowest BCUT2D eigenvalue weighted by Gasteiger charge is -2.27. The standard InChI is InChI=1S/C10H17NO.C2H6/c1-4-11-8-10(12-5-2)7-6-9(11)3;1-2/h6-9H,4-5H2,1-3H3;1-2H3. The van der Waals surface area contributed by atoms with Gasteiger partial charge in [0.05, 0.1) is 6.61 Å². The van der Waals surface area contributed by atoms with Crippen molar-refractivity contribution in [1.29, 1.82) is 0 Å². The van der Waals surface area contributed by atoms with Crippen LogP contribution in [-0.2, 0) is 4.74 Å². The highest BCUT2D eigenvalue weighted by Crippen LogP contribution is 2.13. The van der Waals surface area contributed by atoms with E-state index in [1.807, 2.05) is 26.8 Å². The molecule has 1 heterocycles. The number of rotatable bonds is 3. The normalized spacial score (nSPS) is 19.6. The van der Waals surface area contributed by atoms with Gasteiger partial charge in [0.15, 0.2) is 0 Å². The average Bonchev–Trinajstić information content (AvgIpc) is 2.24. The van der Waals surface area contributed by atoms with Gasteiger partial charge in [0.25, 0.3) is 0 Å². The van der Waals surface area contributed by atoms with E-state index in [2.05, 4.69) is 31.0 Å². The van der Waals surface area contributed by atoms with Crippen LogP contribution in [0.15, 0.2) is 24.1 Å². The summed E-state index contributed by atoms with van der Waals surface area (Å²) in [4.78, 5) is 2.25. The van der Waals surface area contributed by atoms with E-state index in [0.29, 0.717) is 6.04 Å². The molecule has 0 aliphatic carbocycles. The first-order valence-corrected chi connectivity index (χ1v) is 5.56. The van der Waals surface area contributed by atoms with E-state index < -0.39 is 0 Å². The minimum Gasteiger partial charge on any atom is -0.492 e. The Morgan fingerprint density at radius 3 is 2.50 bits per heavy atom. The second-order valence-electron chi connectivity index (χ2n) is 2.89. The van der Waals surface area contributed by atoms with Gasteiger partial charge in [0, 0.05) is 18.8 Å². The fraction of sp³-hybridized carbons (Fsp3) is 0.667. The molecule has 1 unspecified atom stereocenters. The lowest BCUT2D eigenvalue weighted by atomic mass is 10.2. The summed E-state index contributed by atoms with van der Waals surface area (Å²) in [6.45, 7) is 12.1. The maximum Gasteiger partial charge on any atom is 0.134 e. The van der Waals surface area contributed by atoms with Crippen LogP contribution in [-0.4, -0.2) is 24.1 Å². The van der Waals surface area contributed by atoms with E-state index in [9.17, 15) is 0 Å². The lowest BCUT2D eigenvalue weighted by Crippen LogP contribution is -2.28. The number of ether oxygens (including phenoxy) is 1. The number of likely N-dealkylation sites (N-methyl/N-ethyl adjacent to an activating group) is 1. The second kappa shape index (κ2) is 7.48. The molecule has 0 aromatic heterocycles. The highest BCUT2D eigenvalue weighted by atomic mass is 16.5. The summed E-state index contributed by atoms with van der Waals surface area (Å²) in [6, 6.07) is 0.499. The van der Waals surface area contributed by atoms with Gasteiger partial charge in [0.1, 0.15) is 5.76 Å². The molecule has 0 bridgehead atoms. The van der Waals surface area contributed by atoms with E-state index >= 15 is 0 Å². The van der Waals surface area contributed by atoms with Crippen molar-refractivity contribution in [3.63, 3.8) is 0 Å². The van der Waals surface area contributed by atoms with E-state index in [4.69, 9.17) is 4.74 Å². The Balaban J connectivity index is 0.000000791. The molecule has 82 valence electrons. The molecule has 0 N–H and O–H groups in total. The predicted octanol–water partition coefficient (Wildman–Crippen LogP) is 3.17. The molecule has 0 saturated carbocycles. The van der Waals surface area contributed by atoms with Crippen LogP contribution < -0.4 is 0 Å². The van der Waals surface area contributed by atoms with Gasteiger partial charge < -0.3 is 9.64 Å². The molecular formula is C12H23NO. The van der Waals surface area contributed by atoms with Gasteiger partial charge in [-0.15, -0.1) is 0 Å². The summed E-state index contributed by atoms with van der Waals surface area (Å²) >= 11 is 0. The molecular weight excluding hydrogens is 174 g/mol. The van der Waals surface area contributed by atoms with E-state index in [-0.39, 0.29) is 0 Å². The molecule has 0 spiro atoms. The summed E-state index contributed by atoms with van der Waals surface area (Å²) in [6.07, 6.45) is 6.28. The van der Waals surface area contributed by atoms with Crippen molar-refractivity contribution in [3.8, 4) is 0 Å². The Hall–Kier alpha value is -0.920. The van der Waals surface area contributed by atoms with Crippen LogP contribution in [0.5, 0.6) is 0 Å². The van der Waals surface area contributed by atoms with Crippen molar-refractivity contribution in [2.45, 2.75) is 40.7 Å². The molecule has 2 heteroatoms. The number of nitrogens with zero attached hydrogens (tertiary/aromatic N) is 1. The second-order valence-corrected chi connectivity index (χ2v) is 2.89. The van der Waals surface area contributed by atoms with Gasteiger partial charge in [-0.1, -0.05) is 19.9 Å². The summed E-state index contributed by atoms with van der Waals surface area (Å²) < 4.78 is 5.40. The minimum absolute atomic E-state index is 0.499. The van der Waals surface area contributed by atoms with Crippen LogP contribution in [0, 0.1) is 0 Å². The lowest BCUT2D eigenvalue weighted by molar-refractivity contribution is 0.221. The monoisotopic (exact) mass is 197 g/mol. The molecule has 0 aromatic rings. The first-order valence-electron chi connectivity index (χ1n) is 5.56. The van der Waals surface area contributed by atoms with Crippen LogP contribution in [0.2, 0.25) is 0 Å². The molecule has 2 nitrogen and oxygen atoms in total. The van der Waals surface area contributed by atoms with Gasteiger partial charge in [-0.25, -0.2) is 0 Å². The molecule has 1 rings (SSSR count). The first-order chi connectivity index (χ1) is 6.77. The van der Waals surface area contributed by atoms with Crippen molar-refractivity contribution in [3.05, 3.63) is 24.1 Å². The van der Waals surface area contributed by atoms with Crippen LogP contribution >= 0.6 is 0 Å². The first kappa shape index (κ1) is 13.1. The van der Waals surface area contributed by atoms with Crippen LogP contribution in [0.1, 0.15) is 34.6 Å². The van der Waals surface area contributed by atoms with Crippen LogP contribution in [0.3, 0.4) is 0 Å². The van der Waals surface area contributed by atoms with Crippen molar-refractivity contribution in [1.82, 2.24) is 4.90 Å². The zero-order chi connectivity index (χ0) is 11.0. The largest absolute Gasteiger partial charge is 0.492 e. The Bertz CT molecular complexity index is 196. The quantitative estimate of drug-likeness (QED) is 0.689. The maximum atomic E-state index is 5.40. The van der Waals surface area contributed by atoms with E-state index in [1.54, 1.807) is 0 Å². The number of hydrogen-bond donors (Lipinski definition) is 0. The smallest absolute Gasteiger partial charge is 0.134 e. The zero-order valence-electron chi connectivity index (χ0n) is 10.1. The molecule has 0 fully saturated rings. The Kier molecular flexibility index (Phi) is 6.99. The highest BCUT2D eigenvalue weighted by molar-refractivity contribution is 5.18. The molecule has 0 amide bonds. The fourth-order valence-corrected chi connectivity index (χ4v) is 1.30. The third-order valence-electron chi connectivity index (χ3n) is 2.03. The van der Waals surface area contributed by atoms with Gasteiger partial charge in [-0.2, -0.15) is 0 Å². The zero-order valence-corrected chi connectivity index (χ0v) is 10.1. The summed E-state index contributed by atoms with van der Waals surface area (Å²) in [5.74, 6) is 0.970. The SMILES string of the molecule is CC.CCOC1=CN(CC)C(C)C=C1. The molecule has 0 aromatic carbocycles. The summed E-state index contributed by atoms with van der Waals surface area (Å²) in [7, 11) is 0. The van der Waals surface area contributed by atoms with Crippen LogP contribution in [0.25, 0.3) is 0 Å². The predicted molar refractivity (Wildman–Crippen MR) is 62.0 cm³/mol. The van der Waals surface area contributed by atoms with E-state index in [0.717, 1.165) is 18.9 Å². The summed E-state index contributed by atoms with van der Waals surface area (Å²) in [5.41, 5.74) is 0. The molecule has 0 saturated heterocycles. The Morgan fingerprint density at radius 1 is 1.36 bits per heavy atom. The third-order valence-corrected chi connectivity index (χ3v) is 2.03. The maximum absolute atomic E-state index is 5.40. The fourth-order valence-electron chi connectivity index (χ4n) is 1.30. The molecule has 1 aliphatic rings. The molecule has 0 radical (unpaired) electrons. The van der Waals surface area contributed by atoms with Crippen molar-refractivity contribution in [2.75, 3.05) is 13.2 Å². The molecule has 1 atom stereocenters. The van der Waals surface area contributed by atoms with Crippen molar-refractivity contribution in [2.24, 2.45) is 0 Å². The van der Waals surface area contributed by atoms with Crippen molar-refractivity contribution < 1.29 is 4.74 Å². The number of allylic oxidation sites excluding steroid dienone is 1.